The van der Waals surface area contributed by atoms with Crippen LogP contribution in [0.5, 0.6) is 0 Å². The smallest absolute Gasteiger partial charge is 0.158 e. The maximum absolute atomic E-state index is 6.00. The predicted octanol–water partition coefficient (Wildman–Crippen LogP) is 3.46. The molecule has 2 heterocycles. The van der Waals surface area contributed by atoms with Crippen molar-refractivity contribution in [3.63, 3.8) is 0 Å². The molecule has 0 radical (unpaired) electrons. The Labute approximate surface area is 128 Å². The second-order valence-electron chi connectivity index (χ2n) is 6.45. The topological polar surface area (TPSA) is 73.1 Å². The third-order valence-corrected chi connectivity index (χ3v) is 5.05. The maximum Gasteiger partial charge on any atom is 0.158 e. The number of nitrogen functional groups attached to an aromatic ring is 1. The Kier molecular flexibility index (Phi) is 4.10. The third-order valence-electron chi connectivity index (χ3n) is 4.24. The van der Waals surface area contributed by atoms with Crippen molar-refractivity contribution in [1.29, 1.82) is 0 Å². The van der Waals surface area contributed by atoms with Crippen molar-refractivity contribution in [1.82, 2.24) is 9.97 Å². The van der Waals surface area contributed by atoms with E-state index in [1.54, 1.807) is 11.3 Å². The Balaban J connectivity index is 1.65. The number of anilines is 1. The van der Waals surface area contributed by atoms with Gasteiger partial charge in [0, 0.05) is 0 Å². The largest absolute Gasteiger partial charge is 0.370 e. The molecular weight excluding hydrogens is 284 g/mol. The lowest BCUT2D eigenvalue weighted by atomic mass is 9.76. The van der Waals surface area contributed by atoms with Crippen LogP contribution in [0, 0.1) is 5.41 Å². The molecule has 3 N–H and O–H groups in total. The summed E-state index contributed by atoms with van der Waals surface area (Å²) in [5.74, 6) is 6.90. The highest BCUT2D eigenvalue weighted by atomic mass is 32.1. The van der Waals surface area contributed by atoms with Crippen molar-refractivity contribution in [3.05, 3.63) is 17.3 Å². The van der Waals surface area contributed by atoms with E-state index in [1.165, 1.54) is 12.8 Å². The molecule has 0 bridgehead atoms. The number of aromatic nitrogens is 2. The van der Waals surface area contributed by atoms with Gasteiger partial charge in [0.25, 0.3) is 0 Å². The van der Waals surface area contributed by atoms with Crippen LogP contribution >= 0.6 is 11.3 Å². The molecule has 2 aromatic rings. The number of hydrazine groups is 1. The van der Waals surface area contributed by atoms with Gasteiger partial charge in [-0.3, -0.25) is 0 Å². The van der Waals surface area contributed by atoms with Gasteiger partial charge in [0.1, 0.15) is 11.4 Å². The van der Waals surface area contributed by atoms with Gasteiger partial charge in [0.15, 0.2) is 11.6 Å². The molecule has 1 fully saturated rings. The van der Waals surface area contributed by atoms with Crippen LogP contribution in [0.25, 0.3) is 10.2 Å². The number of rotatable bonds is 4. The first-order valence-corrected chi connectivity index (χ1v) is 8.28. The summed E-state index contributed by atoms with van der Waals surface area (Å²) in [6, 6.07) is 1.98. The molecule has 3 rings (SSSR count). The predicted molar refractivity (Wildman–Crippen MR) is 86.1 cm³/mol. The lowest BCUT2D eigenvalue weighted by Gasteiger charge is -2.34. The van der Waals surface area contributed by atoms with Gasteiger partial charge in [-0.2, -0.15) is 0 Å². The van der Waals surface area contributed by atoms with E-state index >= 15 is 0 Å². The normalized spacial score (nSPS) is 19.0. The lowest BCUT2D eigenvalue weighted by molar-refractivity contribution is -0.00813. The third kappa shape index (κ3) is 3.33. The van der Waals surface area contributed by atoms with Crippen LogP contribution < -0.4 is 11.3 Å². The van der Waals surface area contributed by atoms with Gasteiger partial charge in [-0.25, -0.2) is 15.8 Å². The van der Waals surface area contributed by atoms with E-state index < -0.39 is 0 Å². The Morgan fingerprint density at radius 2 is 2.14 bits per heavy atom. The monoisotopic (exact) mass is 306 g/mol. The highest BCUT2D eigenvalue weighted by molar-refractivity contribution is 7.16. The zero-order chi connectivity index (χ0) is 14.9. The van der Waals surface area contributed by atoms with E-state index in [4.69, 9.17) is 10.6 Å². The van der Waals surface area contributed by atoms with Gasteiger partial charge < -0.3 is 10.2 Å². The van der Waals surface area contributed by atoms with Gasteiger partial charge in [-0.1, -0.05) is 13.8 Å². The Hall–Kier alpha value is -1.24. The number of thiophene rings is 1. The van der Waals surface area contributed by atoms with Gasteiger partial charge in [-0.05, 0) is 42.5 Å². The average molecular weight is 306 g/mol. The van der Waals surface area contributed by atoms with Gasteiger partial charge in [-0.15, -0.1) is 11.3 Å². The summed E-state index contributed by atoms with van der Waals surface area (Å²) in [6.45, 7) is 5.11. The van der Waals surface area contributed by atoms with E-state index in [-0.39, 0.29) is 0 Å². The van der Waals surface area contributed by atoms with Crippen molar-refractivity contribution < 1.29 is 4.74 Å². The molecule has 2 aromatic heterocycles. The molecule has 1 saturated carbocycles. The first kappa shape index (κ1) is 14.7. The van der Waals surface area contributed by atoms with Crippen LogP contribution in [0.3, 0.4) is 0 Å². The summed E-state index contributed by atoms with van der Waals surface area (Å²) >= 11 is 1.59. The standard InChI is InChI=1S/C15H22N4OS/c1-15(2)6-3-10(4-7-15)20-9-12-17-13(19-16)11-5-8-21-14(11)18-12/h5,8,10H,3-4,6-7,9,16H2,1-2H3,(H,17,18,19). The molecule has 6 heteroatoms. The molecule has 0 aliphatic heterocycles. The second-order valence-corrected chi connectivity index (χ2v) is 7.34. The number of fused-ring (bicyclic) bond motifs is 1. The van der Waals surface area contributed by atoms with Crippen molar-refractivity contribution in [2.45, 2.75) is 52.2 Å². The van der Waals surface area contributed by atoms with E-state index in [2.05, 4.69) is 29.2 Å². The summed E-state index contributed by atoms with van der Waals surface area (Å²) in [4.78, 5) is 9.93. The molecule has 0 saturated heterocycles. The van der Waals surface area contributed by atoms with E-state index in [0.29, 0.717) is 29.8 Å². The minimum Gasteiger partial charge on any atom is -0.370 e. The zero-order valence-electron chi connectivity index (χ0n) is 12.6. The summed E-state index contributed by atoms with van der Waals surface area (Å²) in [5, 5.41) is 2.96. The van der Waals surface area contributed by atoms with Crippen molar-refractivity contribution in [3.8, 4) is 0 Å². The molecule has 114 valence electrons. The fourth-order valence-corrected chi connectivity index (χ4v) is 3.59. The van der Waals surface area contributed by atoms with Crippen LogP contribution in [0.15, 0.2) is 11.4 Å². The van der Waals surface area contributed by atoms with Crippen molar-refractivity contribution in [2.24, 2.45) is 11.3 Å². The molecule has 0 aromatic carbocycles. The average Bonchev–Trinajstić information content (AvgIpc) is 2.93. The fraction of sp³-hybridized carbons (Fsp3) is 0.600. The summed E-state index contributed by atoms with van der Waals surface area (Å²) < 4.78 is 6.00. The second kappa shape index (κ2) is 5.87. The lowest BCUT2D eigenvalue weighted by Crippen LogP contribution is -2.26. The number of nitrogens with one attached hydrogen (secondary N) is 1. The Morgan fingerprint density at radius 3 is 2.86 bits per heavy atom. The molecule has 1 aliphatic rings. The molecule has 21 heavy (non-hydrogen) atoms. The highest BCUT2D eigenvalue weighted by Crippen LogP contribution is 2.36. The number of nitrogens with two attached hydrogens (primary N) is 1. The highest BCUT2D eigenvalue weighted by Gasteiger charge is 2.27. The van der Waals surface area contributed by atoms with E-state index in [9.17, 15) is 0 Å². The SMILES string of the molecule is CC1(C)CCC(OCc2nc(NN)c3ccsc3n2)CC1. The summed E-state index contributed by atoms with van der Waals surface area (Å²) in [6.07, 6.45) is 5.01. The molecule has 5 nitrogen and oxygen atoms in total. The van der Waals surface area contributed by atoms with E-state index in [1.807, 2.05) is 11.4 Å². The van der Waals surface area contributed by atoms with Crippen LogP contribution in [-0.4, -0.2) is 16.1 Å². The van der Waals surface area contributed by atoms with Gasteiger partial charge in [0.05, 0.1) is 11.5 Å². The summed E-state index contributed by atoms with van der Waals surface area (Å²) in [5.41, 5.74) is 3.11. The van der Waals surface area contributed by atoms with Gasteiger partial charge >= 0.3 is 0 Å². The molecule has 0 amide bonds. The fourth-order valence-electron chi connectivity index (χ4n) is 2.81. The zero-order valence-corrected chi connectivity index (χ0v) is 13.4. The summed E-state index contributed by atoms with van der Waals surface area (Å²) in [7, 11) is 0. The molecule has 0 unspecified atom stereocenters. The number of hydrogen-bond donors (Lipinski definition) is 2. The Bertz CT molecular complexity index is 615. The molecule has 0 spiro atoms. The van der Waals surface area contributed by atoms with Gasteiger partial charge in [0.2, 0.25) is 0 Å². The van der Waals surface area contributed by atoms with Crippen molar-refractivity contribution in [2.75, 3.05) is 5.43 Å². The molecular formula is C15H22N4OS. The van der Waals surface area contributed by atoms with E-state index in [0.717, 1.165) is 23.1 Å². The minimum absolute atomic E-state index is 0.329. The first-order chi connectivity index (χ1) is 10.1. The van der Waals surface area contributed by atoms with Crippen LogP contribution in [-0.2, 0) is 11.3 Å². The number of ether oxygens (including phenoxy) is 1. The Morgan fingerprint density at radius 1 is 1.38 bits per heavy atom. The minimum atomic E-state index is 0.329. The van der Waals surface area contributed by atoms with Crippen LogP contribution in [0.1, 0.15) is 45.4 Å². The van der Waals surface area contributed by atoms with Crippen molar-refractivity contribution >= 4 is 27.4 Å². The molecule has 1 aliphatic carbocycles. The van der Waals surface area contributed by atoms with Crippen LogP contribution in [0.2, 0.25) is 0 Å². The quantitative estimate of drug-likeness (QED) is 0.668. The molecule has 0 atom stereocenters. The number of nitrogens with zero attached hydrogens (tertiary/aromatic N) is 2. The maximum atomic E-state index is 6.00. The van der Waals surface area contributed by atoms with Crippen LogP contribution in [0.4, 0.5) is 5.82 Å². The number of hydrogen-bond acceptors (Lipinski definition) is 6. The first-order valence-electron chi connectivity index (χ1n) is 7.40.